The van der Waals surface area contributed by atoms with Crippen molar-refractivity contribution in [1.29, 1.82) is 0 Å². The van der Waals surface area contributed by atoms with Gasteiger partial charge in [0.2, 0.25) is 5.79 Å². The molecule has 15 atom stereocenters. The summed E-state index contributed by atoms with van der Waals surface area (Å²) >= 11 is 0. The molecule has 2 saturated heterocycles. The number of carbonyl (C=O) groups excluding carboxylic acids is 4. The van der Waals surface area contributed by atoms with Crippen LogP contribution < -0.4 is 4.90 Å². The van der Waals surface area contributed by atoms with E-state index in [4.69, 9.17) is 18.9 Å². The van der Waals surface area contributed by atoms with Crippen molar-refractivity contribution in [2.45, 2.75) is 199 Å². The summed E-state index contributed by atoms with van der Waals surface area (Å²) in [6, 6.07) is 7.25. The zero-order chi connectivity index (χ0) is 52.3. The predicted octanol–water partition coefficient (Wildman–Crippen LogP) is 8.81. The molecule has 3 N–H and O–H groups in total. The Labute approximate surface area is 430 Å². The quantitative estimate of drug-likeness (QED) is 0.141. The van der Waals surface area contributed by atoms with Gasteiger partial charge in [0.25, 0.3) is 11.7 Å². The van der Waals surface area contributed by atoms with Gasteiger partial charge in [0.05, 0.1) is 24.4 Å². The molecule has 4 aliphatic heterocycles. The summed E-state index contributed by atoms with van der Waals surface area (Å²) < 4.78 is 24.3. The molecular weight excluding hydrogens is 913 g/mol. The van der Waals surface area contributed by atoms with Crippen LogP contribution in [0.15, 0.2) is 71.9 Å². The number of hydrogen-bond acceptors (Lipinski definition) is 12. The maximum Gasteiger partial charge on any atom is 0.329 e. The lowest BCUT2D eigenvalue weighted by atomic mass is 9.78. The van der Waals surface area contributed by atoms with Gasteiger partial charge in [-0.25, -0.2) is 4.79 Å². The van der Waals surface area contributed by atoms with Gasteiger partial charge in [-0.1, -0.05) is 94.8 Å². The van der Waals surface area contributed by atoms with Crippen LogP contribution in [-0.2, 0) is 44.5 Å². The van der Waals surface area contributed by atoms with Gasteiger partial charge in [-0.05, 0) is 151 Å². The number of aliphatic hydroxyl groups excluding tert-OH is 2. The van der Waals surface area contributed by atoms with Gasteiger partial charge in [0.1, 0.15) is 24.4 Å². The van der Waals surface area contributed by atoms with Gasteiger partial charge in [-0.2, -0.15) is 0 Å². The van der Waals surface area contributed by atoms with E-state index in [1.54, 1.807) is 14.0 Å². The molecule has 3 fully saturated rings. The lowest BCUT2D eigenvalue weighted by Gasteiger charge is -2.45. The average molecular weight is 1000 g/mol. The topological polar surface area (TPSA) is 172 Å². The molecule has 400 valence electrons. The van der Waals surface area contributed by atoms with Gasteiger partial charge in [-0.3, -0.25) is 14.4 Å². The monoisotopic (exact) mass is 1000 g/mol. The fourth-order valence-corrected chi connectivity index (χ4v) is 12.3. The average Bonchev–Trinajstić information content (AvgIpc) is 3.37. The Bertz CT molecular complexity index is 2120. The predicted molar refractivity (Wildman–Crippen MR) is 280 cm³/mol. The Morgan fingerprint density at radius 2 is 1.53 bits per heavy atom. The molecule has 0 radical (unpaired) electrons. The van der Waals surface area contributed by atoms with E-state index in [9.17, 15) is 34.5 Å². The van der Waals surface area contributed by atoms with E-state index in [2.05, 4.69) is 56.0 Å². The van der Waals surface area contributed by atoms with Crippen LogP contribution in [0.2, 0.25) is 0 Å². The summed E-state index contributed by atoms with van der Waals surface area (Å²) in [4.78, 5) is 61.4. The van der Waals surface area contributed by atoms with Crippen LogP contribution >= 0.6 is 0 Å². The number of allylic oxidation sites excluding steroid dienone is 6. The third kappa shape index (κ3) is 14.2. The molecule has 0 unspecified atom stereocenters. The Morgan fingerprint density at radius 1 is 0.778 bits per heavy atom. The van der Waals surface area contributed by atoms with Crippen molar-refractivity contribution in [3.63, 3.8) is 0 Å². The molecular formula is C59H88N2O11. The zero-order valence-corrected chi connectivity index (χ0v) is 44.9. The molecule has 4 heterocycles. The maximum absolute atomic E-state index is 14.6. The third-order valence-corrected chi connectivity index (χ3v) is 16.8. The molecule has 1 aromatic carbocycles. The Hall–Kier alpha value is -3.98. The number of benzene rings is 1. The third-order valence-electron chi connectivity index (χ3n) is 16.8. The number of ether oxygens (including phenoxy) is 4. The second kappa shape index (κ2) is 26.5. The number of ketones is 2. The van der Waals surface area contributed by atoms with Gasteiger partial charge in [0.15, 0.2) is 5.78 Å². The molecule has 1 aromatic rings. The molecule has 5 aliphatic rings. The zero-order valence-electron chi connectivity index (χ0n) is 44.9. The number of cyclic esters (lactones) is 1. The van der Waals surface area contributed by atoms with Gasteiger partial charge in [0, 0.05) is 44.8 Å². The molecule has 1 saturated carbocycles. The summed E-state index contributed by atoms with van der Waals surface area (Å²) in [6.45, 7) is 14.7. The number of fused-ring (bicyclic) bond motifs is 4. The molecule has 2 bridgehead atoms. The molecule has 72 heavy (non-hydrogen) atoms. The van der Waals surface area contributed by atoms with Crippen molar-refractivity contribution in [2.24, 2.45) is 35.5 Å². The number of amides is 1. The first-order valence-corrected chi connectivity index (χ1v) is 27.3. The highest BCUT2D eigenvalue weighted by molar-refractivity contribution is 6.39. The van der Waals surface area contributed by atoms with E-state index in [0.717, 1.165) is 43.5 Å². The summed E-state index contributed by atoms with van der Waals surface area (Å²) in [5.41, 5.74) is 4.10. The highest BCUT2D eigenvalue weighted by Gasteiger charge is 2.53. The molecule has 1 amide bonds. The largest absolute Gasteiger partial charge is 0.461 e. The lowest BCUT2D eigenvalue weighted by Crippen LogP contribution is -2.61. The van der Waals surface area contributed by atoms with Gasteiger partial charge < -0.3 is 44.1 Å². The number of methoxy groups -OCH3 is 2. The number of carbonyl (C=O) groups is 4. The standard InChI is InChI=1S/C59H88N2O11/c1-37-18-11-10-12-19-39(3)49(60-31-17-21-45-20-13-14-22-47(45)60)36-46-27-25-43(7)59(68,72-46)56(65)57(66)61-30-16-15-23-48(61)58(67)71-51(40(4)34-44-26-28-50(62)52(35-44)69-8)29-24-38(2)33-42(6)54(64)55(70-9)53(63)41(5)32-37/h10-14,18-20,22,33,37-38,40-41,43-44,46,48-52,54-55,62,64,68H,15-17,21,23-32,34-36H2,1-9H3/b12-10+,18-11+,39-19+,42-33+/t37-,38+,40-,41-,43-,44-,46+,48+,49+,50-,51+,52-,54-,55+,59-/m1/s1. The number of Topliss-reactive ketones (excluding diaryl/α,β-unsaturated/α-hetero) is 2. The van der Waals surface area contributed by atoms with E-state index in [-0.39, 0.29) is 54.1 Å². The minimum Gasteiger partial charge on any atom is -0.461 e. The molecule has 13 nitrogen and oxygen atoms in total. The van der Waals surface area contributed by atoms with Crippen molar-refractivity contribution >= 4 is 29.1 Å². The normalized spacial score (nSPS) is 38.5. The van der Waals surface area contributed by atoms with Crippen LogP contribution in [0.3, 0.4) is 0 Å². The van der Waals surface area contributed by atoms with Gasteiger partial charge >= 0.3 is 5.97 Å². The molecule has 0 aromatic heterocycles. The van der Waals surface area contributed by atoms with E-state index in [1.807, 2.05) is 51.1 Å². The molecule has 13 heteroatoms. The second-order valence-electron chi connectivity index (χ2n) is 22.4. The van der Waals surface area contributed by atoms with Crippen molar-refractivity contribution in [3.05, 3.63) is 77.4 Å². The lowest BCUT2D eigenvalue weighted by molar-refractivity contribution is -0.263. The van der Waals surface area contributed by atoms with Gasteiger partial charge in [-0.15, -0.1) is 0 Å². The van der Waals surface area contributed by atoms with Crippen molar-refractivity contribution < 1.29 is 53.4 Å². The Kier molecular flexibility index (Phi) is 21.1. The number of aryl methyl sites for hydroxylation is 1. The van der Waals surface area contributed by atoms with Crippen LogP contribution in [0.4, 0.5) is 5.69 Å². The number of nitrogens with zero attached hydrogens (tertiary/aromatic N) is 2. The first kappa shape index (κ1) is 57.3. The first-order valence-electron chi connectivity index (χ1n) is 27.3. The van der Waals surface area contributed by atoms with Crippen molar-refractivity contribution in [1.82, 2.24) is 4.90 Å². The highest BCUT2D eigenvalue weighted by Crippen LogP contribution is 2.40. The van der Waals surface area contributed by atoms with Crippen LogP contribution in [-0.4, -0.2) is 125 Å². The summed E-state index contributed by atoms with van der Waals surface area (Å²) in [5.74, 6) is -6.04. The van der Waals surface area contributed by atoms with Crippen LogP contribution in [0.25, 0.3) is 0 Å². The summed E-state index contributed by atoms with van der Waals surface area (Å²) in [5, 5.41) is 34.5. The number of para-hydroxylation sites is 1. The number of anilines is 1. The number of aliphatic hydroxyl groups is 3. The highest BCUT2D eigenvalue weighted by atomic mass is 16.6. The van der Waals surface area contributed by atoms with E-state index < -0.39 is 65.9 Å². The van der Waals surface area contributed by atoms with E-state index >= 15 is 0 Å². The Morgan fingerprint density at radius 3 is 2.28 bits per heavy atom. The van der Waals surface area contributed by atoms with E-state index in [0.29, 0.717) is 76.2 Å². The minimum absolute atomic E-state index is 0.0640. The number of rotatable bonds is 6. The van der Waals surface area contributed by atoms with Crippen LogP contribution in [0, 0.1) is 35.5 Å². The summed E-state index contributed by atoms with van der Waals surface area (Å²) in [7, 11) is 3.07. The minimum atomic E-state index is -2.39. The first-order chi connectivity index (χ1) is 34.4. The van der Waals surface area contributed by atoms with Crippen LogP contribution in [0.5, 0.6) is 0 Å². The molecule has 6 rings (SSSR count). The number of piperidine rings is 1. The fraction of sp³-hybridized carbons (Fsp3) is 0.695. The van der Waals surface area contributed by atoms with Crippen LogP contribution in [0.1, 0.15) is 144 Å². The van der Waals surface area contributed by atoms with Crippen molar-refractivity contribution in [2.75, 3.05) is 32.2 Å². The molecule has 1 aliphatic carbocycles. The fourth-order valence-electron chi connectivity index (χ4n) is 12.3. The number of esters is 1. The number of hydrogen-bond donors (Lipinski definition) is 3. The SMILES string of the molecule is CO[C@@H]1C[C@@H](C[C@@H](C)[C@@H]2CC[C@H](C)/C=C(\C)[C@@H](O)[C@@H](OC)C(=O)[C@H](C)C[C@H](C)/C=C/C=C/C=C(\C)[C@@H](N3CCCc4ccccc43)C[C@@H]3CC[C@@H](C)[C@@](O)(O3)C(=O)C(=O)N3CCCC[C@H]3C(=O)O2)CC[C@H]1O. The maximum atomic E-state index is 14.6. The Balaban J connectivity index is 1.33. The second-order valence-corrected chi connectivity index (χ2v) is 22.4. The molecule has 0 spiro atoms. The smallest absolute Gasteiger partial charge is 0.329 e. The van der Waals surface area contributed by atoms with Crippen molar-refractivity contribution in [3.8, 4) is 0 Å². The van der Waals surface area contributed by atoms with E-state index in [1.165, 1.54) is 17.6 Å². The summed E-state index contributed by atoms with van der Waals surface area (Å²) in [6.07, 6.45) is 17.5.